The van der Waals surface area contributed by atoms with Crippen LogP contribution < -0.4 is 0 Å². The van der Waals surface area contributed by atoms with E-state index in [9.17, 15) is 0 Å². The van der Waals surface area contributed by atoms with Gasteiger partial charge in [-0.15, -0.1) is 0 Å². The molecule has 3 aliphatic rings. The summed E-state index contributed by atoms with van der Waals surface area (Å²) in [6.45, 7) is 5.66. The van der Waals surface area contributed by atoms with E-state index in [1.54, 1.807) is 5.57 Å². The molecule has 4 rings (SSSR count). The molecule has 0 radical (unpaired) electrons. The topological polar surface area (TPSA) is 3.24 Å². The van der Waals surface area contributed by atoms with Crippen molar-refractivity contribution in [1.29, 1.82) is 0 Å². The molecule has 100 valence electrons. The van der Waals surface area contributed by atoms with Crippen molar-refractivity contribution in [3.63, 3.8) is 0 Å². The summed E-state index contributed by atoms with van der Waals surface area (Å²) in [6, 6.07) is 10.8. The largest absolute Gasteiger partial charge is 0.292 e. The van der Waals surface area contributed by atoms with Crippen molar-refractivity contribution in [3.05, 3.63) is 59.2 Å². The van der Waals surface area contributed by atoms with Crippen LogP contribution in [-0.2, 0) is 6.54 Å². The SMILES string of the molecule is CCC1=CC2(N(C)Cc3ccccc3)CC(=C1)C2C. The zero-order valence-electron chi connectivity index (χ0n) is 12.2. The lowest BCUT2D eigenvalue weighted by Gasteiger charge is -2.56. The first-order valence-corrected chi connectivity index (χ1v) is 7.33. The number of rotatable bonds is 4. The molecule has 0 N–H and O–H groups in total. The lowest BCUT2D eigenvalue weighted by atomic mass is 9.58. The van der Waals surface area contributed by atoms with Crippen molar-refractivity contribution in [1.82, 2.24) is 4.90 Å². The molecule has 1 aromatic rings. The van der Waals surface area contributed by atoms with Gasteiger partial charge in [-0.05, 0) is 31.4 Å². The predicted molar refractivity (Wildman–Crippen MR) is 80.9 cm³/mol. The van der Waals surface area contributed by atoms with Crippen molar-refractivity contribution >= 4 is 0 Å². The number of likely N-dealkylation sites (N-methyl/N-ethyl adjacent to an activating group) is 1. The molecule has 1 nitrogen and oxygen atoms in total. The van der Waals surface area contributed by atoms with Crippen molar-refractivity contribution in [3.8, 4) is 0 Å². The number of allylic oxidation sites excluding steroid dienone is 2. The van der Waals surface area contributed by atoms with Crippen LogP contribution in [0.3, 0.4) is 0 Å². The van der Waals surface area contributed by atoms with E-state index < -0.39 is 0 Å². The smallest absolute Gasteiger partial charge is 0.0497 e. The van der Waals surface area contributed by atoms with Crippen LogP contribution in [0.25, 0.3) is 0 Å². The van der Waals surface area contributed by atoms with Gasteiger partial charge in [0, 0.05) is 12.1 Å². The monoisotopic (exact) mass is 253 g/mol. The molecule has 0 heterocycles. The van der Waals surface area contributed by atoms with Crippen molar-refractivity contribution in [2.24, 2.45) is 5.92 Å². The summed E-state index contributed by atoms with van der Waals surface area (Å²) in [4.78, 5) is 2.54. The van der Waals surface area contributed by atoms with E-state index in [2.05, 4.69) is 68.3 Å². The second kappa shape index (κ2) is 4.64. The fourth-order valence-electron chi connectivity index (χ4n) is 3.56. The Hall–Kier alpha value is -1.34. The molecule has 1 saturated carbocycles. The highest BCUT2D eigenvalue weighted by atomic mass is 15.2. The van der Waals surface area contributed by atoms with Crippen LogP contribution in [0.2, 0.25) is 0 Å². The van der Waals surface area contributed by atoms with Crippen LogP contribution in [0.4, 0.5) is 0 Å². The van der Waals surface area contributed by atoms with Crippen LogP contribution in [-0.4, -0.2) is 17.5 Å². The summed E-state index contributed by atoms with van der Waals surface area (Å²) in [7, 11) is 2.27. The van der Waals surface area contributed by atoms with E-state index in [0.29, 0.717) is 5.92 Å². The average Bonchev–Trinajstić information content (AvgIpc) is 2.47. The van der Waals surface area contributed by atoms with Gasteiger partial charge >= 0.3 is 0 Å². The summed E-state index contributed by atoms with van der Waals surface area (Å²) in [5.41, 5.74) is 4.82. The van der Waals surface area contributed by atoms with Gasteiger partial charge in [0.15, 0.2) is 0 Å². The highest BCUT2D eigenvalue weighted by Crippen LogP contribution is 2.52. The fraction of sp³-hybridized carbons (Fsp3) is 0.444. The maximum Gasteiger partial charge on any atom is 0.0497 e. The first-order valence-electron chi connectivity index (χ1n) is 7.33. The van der Waals surface area contributed by atoms with Crippen molar-refractivity contribution < 1.29 is 0 Å². The lowest BCUT2D eigenvalue weighted by molar-refractivity contribution is 0.0622. The average molecular weight is 253 g/mol. The van der Waals surface area contributed by atoms with E-state index in [1.807, 2.05) is 0 Å². The Bertz CT molecular complexity index is 526. The standard InChI is InChI=1S/C18H23N/c1-4-15-10-17-12-18(11-15,14(17)2)19(3)13-16-8-6-5-7-9-16/h5-11,14H,4,12-13H2,1-3H3. The van der Waals surface area contributed by atoms with Crippen LogP contribution in [0.15, 0.2) is 53.6 Å². The molecule has 2 atom stereocenters. The third-order valence-electron chi connectivity index (χ3n) is 4.98. The number of hydrogen-bond acceptors (Lipinski definition) is 1. The first kappa shape index (κ1) is 12.7. The molecule has 0 saturated heterocycles. The van der Waals surface area contributed by atoms with Gasteiger partial charge in [0.25, 0.3) is 0 Å². The molecular formula is C18H23N. The van der Waals surface area contributed by atoms with Gasteiger partial charge in [-0.2, -0.15) is 0 Å². The van der Waals surface area contributed by atoms with E-state index in [-0.39, 0.29) is 5.54 Å². The second-order valence-electron chi connectivity index (χ2n) is 6.02. The van der Waals surface area contributed by atoms with Crippen LogP contribution in [0.1, 0.15) is 32.3 Å². The van der Waals surface area contributed by atoms with Gasteiger partial charge in [-0.1, -0.05) is 67.5 Å². The maximum atomic E-state index is 2.54. The minimum absolute atomic E-state index is 0.269. The molecule has 0 amide bonds. The van der Waals surface area contributed by atoms with Crippen LogP contribution >= 0.6 is 0 Å². The van der Waals surface area contributed by atoms with E-state index >= 15 is 0 Å². The Kier molecular flexibility index (Phi) is 3.10. The van der Waals surface area contributed by atoms with Crippen molar-refractivity contribution in [2.75, 3.05) is 7.05 Å². The normalized spacial score (nSPS) is 28.7. The summed E-state index contributed by atoms with van der Waals surface area (Å²) in [5, 5.41) is 0. The second-order valence-corrected chi connectivity index (χ2v) is 6.02. The van der Waals surface area contributed by atoms with Gasteiger partial charge < -0.3 is 0 Å². The van der Waals surface area contributed by atoms with E-state index in [1.165, 1.54) is 17.6 Å². The zero-order chi connectivity index (χ0) is 13.5. The molecule has 1 fully saturated rings. The highest BCUT2D eigenvalue weighted by Gasteiger charge is 2.50. The summed E-state index contributed by atoms with van der Waals surface area (Å²) < 4.78 is 0. The van der Waals surface area contributed by atoms with Gasteiger partial charge in [0.05, 0.1) is 0 Å². The van der Waals surface area contributed by atoms with Gasteiger partial charge in [0.1, 0.15) is 0 Å². The maximum absolute atomic E-state index is 2.54. The van der Waals surface area contributed by atoms with Gasteiger partial charge in [-0.25, -0.2) is 0 Å². The predicted octanol–water partition coefficient (Wildman–Crippen LogP) is 4.17. The number of nitrogens with zero attached hydrogens (tertiary/aromatic N) is 1. The Balaban J connectivity index is 1.82. The van der Waals surface area contributed by atoms with Gasteiger partial charge in [0.2, 0.25) is 0 Å². The Morgan fingerprint density at radius 2 is 2.00 bits per heavy atom. The van der Waals surface area contributed by atoms with Gasteiger partial charge in [-0.3, -0.25) is 4.90 Å². The van der Waals surface area contributed by atoms with E-state index in [0.717, 1.165) is 13.0 Å². The number of benzene rings is 1. The Morgan fingerprint density at radius 3 is 2.63 bits per heavy atom. The molecule has 0 aliphatic heterocycles. The molecule has 1 aromatic carbocycles. The quantitative estimate of drug-likeness (QED) is 0.778. The molecule has 0 aromatic heterocycles. The Labute approximate surface area is 116 Å². The number of hydrogen-bond donors (Lipinski definition) is 0. The summed E-state index contributed by atoms with van der Waals surface area (Å²) in [6.07, 6.45) is 7.31. The fourth-order valence-corrected chi connectivity index (χ4v) is 3.56. The lowest BCUT2D eigenvalue weighted by Crippen LogP contribution is -2.58. The van der Waals surface area contributed by atoms with Crippen LogP contribution in [0.5, 0.6) is 0 Å². The first-order chi connectivity index (χ1) is 9.15. The molecular weight excluding hydrogens is 230 g/mol. The molecule has 2 unspecified atom stereocenters. The third kappa shape index (κ3) is 1.97. The van der Waals surface area contributed by atoms with Crippen molar-refractivity contribution in [2.45, 2.75) is 38.8 Å². The molecule has 0 spiro atoms. The third-order valence-corrected chi connectivity index (χ3v) is 4.98. The molecule has 19 heavy (non-hydrogen) atoms. The van der Waals surface area contributed by atoms with Crippen LogP contribution in [0, 0.1) is 5.92 Å². The minimum atomic E-state index is 0.269. The summed E-state index contributed by atoms with van der Waals surface area (Å²) in [5.74, 6) is 0.677. The molecule has 3 aliphatic carbocycles. The zero-order valence-corrected chi connectivity index (χ0v) is 12.2. The summed E-state index contributed by atoms with van der Waals surface area (Å²) >= 11 is 0. The molecule has 2 bridgehead atoms. The minimum Gasteiger partial charge on any atom is -0.292 e. The highest BCUT2D eigenvalue weighted by molar-refractivity contribution is 5.46. The molecule has 1 heteroatoms. The Morgan fingerprint density at radius 1 is 1.26 bits per heavy atom. The number of fused-ring (bicyclic) bond motifs is 1. The van der Waals surface area contributed by atoms with E-state index in [4.69, 9.17) is 0 Å².